The van der Waals surface area contributed by atoms with E-state index in [9.17, 15) is 18.0 Å². The number of benzene rings is 2. The number of rotatable bonds is 4. The van der Waals surface area contributed by atoms with Gasteiger partial charge in [0, 0.05) is 12.3 Å². The number of allylic oxidation sites excluding steroid dienone is 1. The van der Waals surface area contributed by atoms with Crippen LogP contribution in [0.3, 0.4) is 0 Å². The third-order valence-corrected chi connectivity index (χ3v) is 3.77. The van der Waals surface area contributed by atoms with Crippen molar-refractivity contribution in [2.75, 3.05) is 0 Å². The molecule has 28 heavy (non-hydrogen) atoms. The van der Waals surface area contributed by atoms with Crippen LogP contribution in [0.25, 0.3) is 5.69 Å². The van der Waals surface area contributed by atoms with Gasteiger partial charge in [-0.3, -0.25) is 4.79 Å². The van der Waals surface area contributed by atoms with E-state index in [1.807, 2.05) is 0 Å². The summed E-state index contributed by atoms with van der Waals surface area (Å²) in [7, 11) is 0. The first-order valence-corrected chi connectivity index (χ1v) is 8.19. The number of aromatic nitrogens is 2. The Balaban J connectivity index is 2.17. The van der Waals surface area contributed by atoms with Gasteiger partial charge >= 0.3 is 6.18 Å². The number of nitrogens with two attached hydrogens (primary N) is 1. The maximum Gasteiger partial charge on any atom is 0.418 e. The molecule has 0 atom stereocenters. The molecule has 142 valence electrons. The minimum Gasteiger partial charge on any atom is -0.405 e. The van der Waals surface area contributed by atoms with E-state index in [1.165, 1.54) is 36.7 Å². The van der Waals surface area contributed by atoms with E-state index in [0.717, 1.165) is 16.8 Å². The van der Waals surface area contributed by atoms with Crippen LogP contribution in [0.2, 0.25) is 0 Å². The van der Waals surface area contributed by atoms with Gasteiger partial charge in [-0.15, -0.1) is 0 Å². The molecule has 1 heterocycles. The van der Waals surface area contributed by atoms with Gasteiger partial charge in [0.15, 0.2) is 5.69 Å². The van der Waals surface area contributed by atoms with Gasteiger partial charge in [0.25, 0.3) is 0 Å². The molecule has 1 aromatic heterocycles. The second kappa shape index (κ2) is 7.91. The predicted octanol–water partition coefficient (Wildman–Crippen LogP) is 3.84. The van der Waals surface area contributed by atoms with Gasteiger partial charge in [-0.2, -0.15) is 18.3 Å². The summed E-state index contributed by atoms with van der Waals surface area (Å²) in [6, 6.07) is 14.9. The first-order chi connectivity index (χ1) is 13.4. The van der Waals surface area contributed by atoms with Crippen LogP contribution in [0.5, 0.6) is 0 Å². The molecule has 5 nitrogen and oxygen atoms in total. The van der Waals surface area contributed by atoms with E-state index in [-0.39, 0.29) is 17.1 Å². The molecule has 0 unspecified atom stereocenters. The van der Waals surface area contributed by atoms with Crippen molar-refractivity contribution in [1.29, 1.82) is 0 Å². The molecule has 3 aromatic rings. The summed E-state index contributed by atoms with van der Waals surface area (Å²) < 4.78 is 41.0. The highest BCUT2D eigenvalue weighted by Gasteiger charge is 2.33. The number of alkyl halides is 3. The molecule has 0 radical (unpaired) electrons. The fourth-order valence-corrected chi connectivity index (χ4v) is 2.53. The number of halogens is 3. The zero-order valence-corrected chi connectivity index (χ0v) is 14.5. The van der Waals surface area contributed by atoms with Crippen molar-refractivity contribution < 1.29 is 13.2 Å². The molecule has 0 amide bonds. The lowest BCUT2D eigenvalue weighted by atomic mass is 10.1. The van der Waals surface area contributed by atoms with Crippen molar-refractivity contribution in [3.63, 3.8) is 0 Å². The Morgan fingerprint density at radius 3 is 2.39 bits per heavy atom. The van der Waals surface area contributed by atoms with Crippen LogP contribution in [-0.4, -0.2) is 15.5 Å². The molecule has 0 fully saturated rings. The van der Waals surface area contributed by atoms with Crippen molar-refractivity contribution in [3.05, 3.63) is 101 Å². The molecular formula is C20H15F3N4O. The molecule has 0 bridgehead atoms. The molecule has 3 rings (SSSR count). The molecule has 2 N–H and O–H groups in total. The van der Waals surface area contributed by atoms with E-state index in [2.05, 4.69) is 10.1 Å². The average molecular weight is 384 g/mol. The molecule has 0 aliphatic carbocycles. The minimum atomic E-state index is -4.57. The van der Waals surface area contributed by atoms with Crippen LogP contribution in [0.15, 0.2) is 88.9 Å². The zero-order chi connectivity index (χ0) is 20.1. The van der Waals surface area contributed by atoms with E-state index in [4.69, 9.17) is 5.73 Å². The number of nitrogens with zero attached hydrogens (tertiary/aromatic N) is 3. The highest BCUT2D eigenvalue weighted by atomic mass is 19.4. The Hall–Kier alpha value is -3.68. The summed E-state index contributed by atoms with van der Waals surface area (Å²) in [6.07, 6.45) is -0.830. The molecule has 0 aliphatic heterocycles. The van der Waals surface area contributed by atoms with Crippen LogP contribution in [0, 0.1) is 0 Å². The summed E-state index contributed by atoms with van der Waals surface area (Å²) in [5.41, 5.74) is 4.45. The Morgan fingerprint density at radius 2 is 1.71 bits per heavy atom. The molecule has 8 heteroatoms. The third kappa shape index (κ3) is 4.17. The molecular weight excluding hydrogens is 369 g/mol. The Morgan fingerprint density at radius 1 is 1.04 bits per heavy atom. The molecule has 0 aliphatic rings. The van der Waals surface area contributed by atoms with Crippen molar-refractivity contribution in [2.24, 2.45) is 10.7 Å². The zero-order valence-electron chi connectivity index (χ0n) is 14.5. The van der Waals surface area contributed by atoms with Crippen molar-refractivity contribution in [1.82, 2.24) is 9.78 Å². The number of para-hydroxylation sites is 2. The summed E-state index contributed by atoms with van der Waals surface area (Å²) in [5, 5.41) is 4.10. The monoisotopic (exact) mass is 384 g/mol. The highest BCUT2D eigenvalue weighted by Crippen LogP contribution is 2.33. The lowest BCUT2D eigenvalue weighted by Gasteiger charge is -2.14. The number of aliphatic imine (C=N–C) groups is 1. The topological polar surface area (TPSA) is 73.3 Å². The van der Waals surface area contributed by atoms with E-state index < -0.39 is 17.2 Å². The minimum absolute atomic E-state index is 0.120. The van der Waals surface area contributed by atoms with Gasteiger partial charge in [-0.25, -0.2) is 9.67 Å². The van der Waals surface area contributed by atoms with Gasteiger partial charge in [0.1, 0.15) is 0 Å². The maximum absolute atomic E-state index is 13.3. The Labute approximate surface area is 158 Å². The SMILES string of the molecule is NC=CC(=Nc1ccccc1)c1nn(-c2ccccc2C(F)(F)F)ccc1=O. The van der Waals surface area contributed by atoms with Crippen molar-refractivity contribution >= 4 is 11.4 Å². The lowest BCUT2D eigenvalue weighted by molar-refractivity contribution is -0.137. The quantitative estimate of drug-likeness (QED) is 0.695. The van der Waals surface area contributed by atoms with Gasteiger partial charge in [0.2, 0.25) is 5.43 Å². The standard InChI is InChI=1S/C20H15F3N4O/c21-20(22,23)15-8-4-5-9-17(15)27-13-11-18(28)19(26-27)16(10-12-24)25-14-6-2-1-3-7-14/h1-13H,24H2. The lowest BCUT2D eigenvalue weighted by Crippen LogP contribution is -2.21. The molecule has 2 aromatic carbocycles. The van der Waals surface area contributed by atoms with Gasteiger partial charge < -0.3 is 5.73 Å². The number of hydrogen-bond donors (Lipinski definition) is 1. The normalized spacial score (nSPS) is 12.5. The highest BCUT2D eigenvalue weighted by molar-refractivity contribution is 6.08. The summed E-state index contributed by atoms with van der Waals surface area (Å²) >= 11 is 0. The Kier molecular flexibility index (Phi) is 5.39. The average Bonchev–Trinajstić information content (AvgIpc) is 2.68. The predicted molar refractivity (Wildman–Crippen MR) is 101 cm³/mol. The van der Waals surface area contributed by atoms with Crippen molar-refractivity contribution in [3.8, 4) is 5.69 Å². The first kappa shape index (κ1) is 19.1. The third-order valence-electron chi connectivity index (χ3n) is 3.77. The van der Waals surface area contributed by atoms with Gasteiger partial charge in [-0.1, -0.05) is 30.3 Å². The van der Waals surface area contributed by atoms with Gasteiger partial charge in [0.05, 0.1) is 22.6 Å². The second-order valence-corrected chi connectivity index (χ2v) is 5.68. The van der Waals surface area contributed by atoms with Gasteiger partial charge in [-0.05, 0) is 36.5 Å². The molecule has 0 saturated heterocycles. The van der Waals surface area contributed by atoms with E-state index >= 15 is 0 Å². The maximum atomic E-state index is 13.3. The summed E-state index contributed by atoms with van der Waals surface area (Å²) in [5.74, 6) is 0. The van der Waals surface area contributed by atoms with Crippen molar-refractivity contribution in [2.45, 2.75) is 6.18 Å². The first-order valence-electron chi connectivity index (χ1n) is 8.19. The fourth-order valence-electron chi connectivity index (χ4n) is 2.53. The van der Waals surface area contributed by atoms with Crippen LogP contribution in [-0.2, 0) is 6.18 Å². The van der Waals surface area contributed by atoms with E-state index in [0.29, 0.717) is 5.69 Å². The summed E-state index contributed by atoms with van der Waals surface area (Å²) in [6.45, 7) is 0. The second-order valence-electron chi connectivity index (χ2n) is 5.68. The number of hydrogen-bond acceptors (Lipinski definition) is 4. The van der Waals surface area contributed by atoms with Crippen LogP contribution < -0.4 is 11.2 Å². The van der Waals surface area contributed by atoms with E-state index in [1.54, 1.807) is 30.3 Å². The largest absolute Gasteiger partial charge is 0.418 e. The molecule has 0 spiro atoms. The smallest absolute Gasteiger partial charge is 0.405 e. The van der Waals surface area contributed by atoms with Crippen LogP contribution >= 0.6 is 0 Å². The Bertz CT molecular complexity index is 1090. The van der Waals surface area contributed by atoms with Crippen LogP contribution in [0.4, 0.5) is 18.9 Å². The van der Waals surface area contributed by atoms with Crippen LogP contribution in [0.1, 0.15) is 11.3 Å². The summed E-state index contributed by atoms with van der Waals surface area (Å²) in [4.78, 5) is 16.7. The molecule has 0 saturated carbocycles. The fraction of sp³-hybridized carbons (Fsp3) is 0.0500.